The highest BCUT2D eigenvalue weighted by atomic mass is 79.9. The van der Waals surface area contributed by atoms with Crippen molar-refractivity contribution in [2.24, 2.45) is 4.99 Å². The lowest BCUT2D eigenvalue weighted by Gasteiger charge is -2.12. The van der Waals surface area contributed by atoms with Gasteiger partial charge in [-0.3, -0.25) is 9.69 Å². The van der Waals surface area contributed by atoms with Gasteiger partial charge >= 0.3 is 5.97 Å². The number of nitrogens with zero attached hydrogens (tertiary/aromatic N) is 2. The first-order chi connectivity index (χ1) is 17.1. The van der Waals surface area contributed by atoms with Gasteiger partial charge in [-0.1, -0.05) is 29.3 Å². The van der Waals surface area contributed by atoms with Gasteiger partial charge in [-0.25, -0.2) is 9.79 Å². The summed E-state index contributed by atoms with van der Waals surface area (Å²) in [6.07, 6.45) is 1.77. The molecule has 0 unspecified atom stereocenters. The normalized spacial score (nSPS) is 15.7. The summed E-state index contributed by atoms with van der Waals surface area (Å²) in [4.78, 5) is 30.3. The predicted octanol–water partition coefficient (Wildman–Crippen LogP) is 8.03. The van der Waals surface area contributed by atoms with Gasteiger partial charge in [0.15, 0.2) is 5.17 Å². The van der Waals surface area contributed by atoms with Gasteiger partial charge < -0.3 is 9.84 Å². The molecule has 3 aromatic rings. The molecular weight excluding hydrogens is 655 g/mol. The summed E-state index contributed by atoms with van der Waals surface area (Å²) in [6, 6.07) is 15.1. The third-order valence-electron chi connectivity index (χ3n) is 5.05. The Hall–Kier alpha value is -2.30. The number of carbonyl (C=O) groups is 2. The number of benzene rings is 3. The Balaban J connectivity index is 1.52. The van der Waals surface area contributed by atoms with Crippen LogP contribution in [0, 0.1) is 0 Å². The minimum atomic E-state index is -1.01. The molecule has 0 bridgehead atoms. The number of likely N-dealkylation sites (N-methyl/N-ethyl adjacent to an activating group) is 1. The number of aliphatic imine (C=N–C) groups is 1. The molecule has 1 aliphatic rings. The van der Waals surface area contributed by atoms with Gasteiger partial charge in [-0.15, -0.1) is 0 Å². The summed E-state index contributed by atoms with van der Waals surface area (Å²) in [5.74, 6) is -0.604. The third kappa shape index (κ3) is 6.15. The largest absolute Gasteiger partial charge is 0.486 e. The second-order valence-electron chi connectivity index (χ2n) is 7.56. The van der Waals surface area contributed by atoms with Gasteiger partial charge in [-0.2, -0.15) is 0 Å². The Labute approximate surface area is 238 Å². The molecule has 3 aromatic carbocycles. The molecule has 1 fully saturated rings. The molecule has 0 spiro atoms. The van der Waals surface area contributed by atoms with E-state index in [2.05, 4.69) is 36.9 Å². The summed E-state index contributed by atoms with van der Waals surface area (Å²) in [5.41, 5.74) is 2.30. The van der Waals surface area contributed by atoms with Gasteiger partial charge in [0.05, 0.1) is 25.1 Å². The molecule has 184 valence electrons. The molecule has 1 aliphatic heterocycles. The highest BCUT2D eigenvalue weighted by Crippen LogP contribution is 2.38. The number of amides is 1. The number of aromatic carboxylic acids is 1. The van der Waals surface area contributed by atoms with Gasteiger partial charge in [-0.05, 0) is 104 Å². The number of carboxylic acid groups (broad SMARTS) is 1. The highest BCUT2D eigenvalue weighted by Gasteiger charge is 2.30. The minimum Gasteiger partial charge on any atom is -0.486 e. The molecule has 0 aromatic heterocycles. The zero-order valence-corrected chi connectivity index (χ0v) is 24.0. The second kappa shape index (κ2) is 11.4. The number of hydrogen-bond donors (Lipinski definition) is 1. The van der Waals surface area contributed by atoms with Crippen molar-refractivity contribution < 1.29 is 19.4 Å². The van der Waals surface area contributed by atoms with E-state index in [0.29, 0.717) is 40.5 Å². The second-order valence-corrected chi connectivity index (χ2v) is 11.1. The lowest BCUT2D eigenvalue weighted by Crippen LogP contribution is -2.23. The maximum Gasteiger partial charge on any atom is 0.335 e. The molecule has 1 heterocycles. The molecular formula is C25H16Br2Cl2N2O4S. The molecule has 4 rings (SSSR count). The van der Waals surface area contributed by atoms with Gasteiger partial charge in [0.25, 0.3) is 5.91 Å². The molecule has 0 radical (unpaired) electrons. The van der Waals surface area contributed by atoms with E-state index in [1.165, 1.54) is 28.8 Å². The average molecular weight is 671 g/mol. The van der Waals surface area contributed by atoms with Crippen LogP contribution in [0.1, 0.15) is 21.5 Å². The maximum atomic E-state index is 12.8. The van der Waals surface area contributed by atoms with Crippen LogP contribution in [0.25, 0.3) is 6.08 Å². The highest BCUT2D eigenvalue weighted by molar-refractivity contribution is 9.11. The number of amidine groups is 1. The van der Waals surface area contributed by atoms with E-state index in [-0.39, 0.29) is 18.1 Å². The lowest BCUT2D eigenvalue weighted by molar-refractivity contribution is -0.121. The number of carboxylic acids is 1. The van der Waals surface area contributed by atoms with Crippen LogP contribution in [0.3, 0.4) is 0 Å². The van der Waals surface area contributed by atoms with Crippen LogP contribution in [0.4, 0.5) is 5.69 Å². The van der Waals surface area contributed by atoms with Crippen LogP contribution >= 0.6 is 66.8 Å². The Bertz CT molecular complexity index is 1410. The van der Waals surface area contributed by atoms with Crippen LogP contribution in [0.2, 0.25) is 10.0 Å². The number of hydrogen-bond acceptors (Lipinski definition) is 5. The van der Waals surface area contributed by atoms with Crippen molar-refractivity contribution in [1.29, 1.82) is 0 Å². The molecule has 1 saturated heterocycles. The molecule has 0 saturated carbocycles. The number of ether oxygens (including phenoxy) is 1. The van der Waals surface area contributed by atoms with Crippen molar-refractivity contribution in [2.75, 3.05) is 7.05 Å². The monoisotopic (exact) mass is 668 g/mol. The number of rotatable bonds is 6. The van der Waals surface area contributed by atoms with Crippen LogP contribution in [0.5, 0.6) is 5.75 Å². The maximum absolute atomic E-state index is 12.8. The quantitative estimate of drug-likeness (QED) is 0.269. The summed E-state index contributed by atoms with van der Waals surface area (Å²) >= 11 is 20.5. The van der Waals surface area contributed by atoms with E-state index in [1.807, 2.05) is 18.2 Å². The number of carbonyl (C=O) groups excluding carboxylic acids is 1. The van der Waals surface area contributed by atoms with Crippen molar-refractivity contribution in [3.05, 3.63) is 95.2 Å². The average Bonchev–Trinajstić information content (AvgIpc) is 3.07. The predicted molar refractivity (Wildman–Crippen MR) is 151 cm³/mol. The Kier molecular flexibility index (Phi) is 8.47. The first-order valence-electron chi connectivity index (χ1n) is 10.3. The standard InChI is InChI=1S/C25H16Br2Cl2N2O4S/c1-31-23(32)21(36-25(31)30-17-6-3-14(4-7-17)24(33)34)10-13-8-18(26)22(19(27)9-13)35-12-15-2-5-16(28)11-20(15)29/h2-11H,12H2,1H3,(H,33,34). The molecule has 11 heteroatoms. The first-order valence-corrected chi connectivity index (χ1v) is 13.4. The molecule has 1 amide bonds. The number of thioether (sulfide) groups is 1. The van der Waals surface area contributed by atoms with Crippen LogP contribution in [-0.4, -0.2) is 34.1 Å². The van der Waals surface area contributed by atoms with Crippen molar-refractivity contribution in [3.8, 4) is 5.75 Å². The fourth-order valence-corrected chi connectivity index (χ4v) is 6.08. The summed E-state index contributed by atoms with van der Waals surface area (Å²) < 4.78 is 7.36. The SMILES string of the molecule is CN1C(=O)C(=Cc2cc(Br)c(OCc3ccc(Cl)cc3Cl)c(Br)c2)SC1=Nc1ccc(C(=O)O)cc1. The van der Waals surface area contributed by atoms with Gasteiger partial charge in [0.2, 0.25) is 0 Å². The van der Waals surface area contributed by atoms with Crippen molar-refractivity contribution in [1.82, 2.24) is 4.90 Å². The van der Waals surface area contributed by atoms with Gasteiger partial charge in [0, 0.05) is 22.7 Å². The molecule has 0 atom stereocenters. The van der Waals surface area contributed by atoms with E-state index in [9.17, 15) is 9.59 Å². The van der Waals surface area contributed by atoms with E-state index in [1.54, 1.807) is 37.4 Å². The van der Waals surface area contributed by atoms with E-state index >= 15 is 0 Å². The molecule has 36 heavy (non-hydrogen) atoms. The van der Waals surface area contributed by atoms with E-state index in [0.717, 1.165) is 11.1 Å². The molecule has 1 N–H and O–H groups in total. The summed E-state index contributed by atoms with van der Waals surface area (Å²) in [5, 5.41) is 10.6. The summed E-state index contributed by atoms with van der Waals surface area (Å²) in [6.45, 7) is 0.250. The van der Waals surface area contributed by atoms with Crippen LogP contribution < -0.4 is 4.74 Å². The molecule has 0 aliphatic carbocycles. The lowest BCUT2D eigenvalue weighted by atomic mass is 10.2. The van der Waals surface area contributed by atoms with E-state index in [4.69, 9.17) is 33.0 Å². The number of halogens is 4. The molecule has 6 nitrogen and oxygen atoms in total. The Morgan fingerprint density at radius 3 is 2.39 bits per heavy atom. The van der Waals surface area contributed by atoms with E-state index < -0.39 is 5.97 Å². The minimum absolute atomic E-state index is 0.169. The van der Waals surface area contributed by atoms with Crippen LogP contribution in [0.15, 0.2) is 73.4 Å². The van der Waals surface area contributed by atoms with Crippen LogP contribution in [-0.2, 0) is 11.4 Å². The fraction of sp³-hybridized carbons (Fsp3) is 0.0800. The topological polar surface area (TPSA) is 79.2 Å². The van der Waals surface area contributed by atoms with Crippen molar-refractivity contribution in [3.63, 3.8) is 0 Å². The van der Waals surface area contributed by atoms with Crippen molar-refractivity contribution >= 4 is 95.6 Å². The van der Waals surface area contributed by atoms with Gasteiger partial charge in [0.1, 0.15) is 12.4 Å². The van der Waals surface area contributed by atoms with Crippen molar-refractivity contribution in [2.45, 2.75) is 6.61 Å². The first kappa shape index (κ1) is 26.8. The Morgan fingerprint density at radius 2 is 1.78 bits per heavy atom. The third-order valence-corrected chi connectivity index (χ3v) is 7.87. The summed E-state index contributed by atoms with van der Waals surface area (Å²) in [7, 11) is 1.64. The Morgan fingerprint density at radius 1 is 1.11 bits per heavy atom. The smallest absolute Gasteiger partial charge is 0.335 e. The fourth-order valence-electron chi connectivity index (χ4n) is 3.18. The zero-order chi connectivity index (χ0) is 26.0. The zero-order valence-electron chi connectivity index (χ0n) is 18.5.